The lowest BCUT2D eigenvalue weighted by atomic mass is 10.1. The van der Waals surface area contributed by atoms with Crippen LogP contribution in [0.15, 0.2) is 15.6 Å². The van der Waals surface area contributed by atoms with Crippen molar-refractivity contribution in [2.75, 3.05) is 31.1 Å². The average molecular weight is 510 g/mol. The number of carboxylic acids is 2. The molecule has 0 radical (unpaired) electrons. The summed E-state index contributed by atoms with van der Waals surface area (Å²) in [6.07, 6.45) is -3.07. The Kier molecular flexibility index (Phi) is 7.95. The fourth-order valence-electron chi connectivity index (χ4n) is 3.09. The third-order valence-corrected chi connectivity index (χ3v) is 4.69. The molecule has 0 atom stereocenters. The highest BCUT2D eigenvalue weighted by Gasteiger charge is 2.38. The smallest absolute Gasteiger partial charge is 0.480 e. The Balaban J connectivity index is 0.000000423. The number of nitrogens with zero attached hydrogens (tertiary/aromatic N) is 4. The quantitative estimate of drug-likeness (QED) is 0.555. The maximum Gasteiger partial charge on any atom is 0.490 e. The van der Waals surface area contributed by atoms with Gasteiger partial charge in [0.05, 0.1) is 6.20 Å². The van der Waals surface area contributed by atoms with Crippen LogP contribution >= 0.6 is 15.9 Å². The molecule has 0 spiro atoms. The van der Waals surface area contributed by atoms with Crippen LogP contribution in [0.5, 0.6) is 0 Å². The maximum atomic E-state index is 13.1. The number of carboxylic acid groups (broad SMARTS) is 2. The van der Waals surface area contributed by atoms with Crippen LogP contribution in [0.2, 0.25) is 0 Å². The summed E-state index contributed by atoms with van der Waals surface area (Å²) in [7, 11) is 0. The second kappa shape index (κ2) is 10.0. The number of aromatic nitrogens is 3. The largest absolute Gasteiger partial charge is 0.490 e. The van der Waals surface area contributed by atoms with E-state index in [1.54, 1.807) is 4.57 Å². The minimum atomic E-state index is -5.08. The molecule has 0 aliphatic carbocycles. The number of alkyl halides is 3. The number of fused-ring (bicyclic) bond motifs is 1. The number of nitrogens with one attached hydrogen (secondary N) is 1. The second-order valence-corrected chi connectivity index (χ2v) is 7.18. The number of aliphatic carboxylic acids is 2. The summed E-state index contributed by atoms with van der Waals surface area (Å²) in [5.41, 5.74) is 1.53. The number of piperazine rings is 1. The van der Waals surface area contributed by atoms with E-state index in [-0.39, 0.29) is 17.5 Å². The third kappa shape index (κ3) is 5.91. The van der Waals surface area contributed by atoms with E-state index in [1.165, 1.54) is 6.20 Å². The zero-order chi connectivity index (χ0) is 23.3. The van der Waals surface area contributed by atoms with E-state index < -0.39 is 18.1 Å². The summed E-state index contributed by atoms with van der Waals surface area (Å²) in [4.78, 5) is 43.8. The lowest BCUT2D eigenvalue weighted by molar-refractivity contribution is -0.192. The van der Waals surface area contributed by atoms with Crippen LogP contribution in [0.1, 0.15) is 12.6 Å². The van der Waals surface area contributed by atoms with Crippen molar-refractivity contribution < 1.29 is 33.0 Å². The van der Waals surface area contributed by atoms with Gasteiger partial charge in [-0.1, -0.05) is 6.92 Å². The summed E-state index contributed by atoms with van der Waals surface area (Å²) in [5, 5.41) is 19.7. The molecule has 0 amide bonds. The van der Waals surface area contributed by atoms with Gasteiger partial charge in [-0.05, 0) is 22.4 Å². The predicted molar refractivity (Wildman–Crippen MR) is 107 cm³/mol. The molecule has 3 heterocycles. The summed E-state index contributed by atoms with van der Waals surface area (Å²) in [6, 6.07) is 0. The van der Waals surface area contributed by atoms with Crippen LogP contribution in [0, 0.1) is 0 Å². The molecule has 31 heavy (non-hydrogen) atoms. The zero-order valence-corrected chi connectivity index (χ0v) is 17.8. The van der Waals surface area contributed by atoms with E-state index in [0.717, 1.165) is 13.1 Å². The van der Waals surface area contributed by atoms with Crippen molar-refractivity contribution in [2.24, 2.45) is 0 Å². The van der Waals surface area contributed by atoms with Gasteiger partial charge in [0.25, 0.3) is 0 Å². The number of anilines is 1. The molecule has 3 rings (SSSR count). The van der Waals surface area contributed by atoms with Crippen LogP contribution in [-0.4, -0.2) is 69.0 Å². The molecular formula is C17H19BrF3N5O5. The van der Waals surface area contributed by atoms with E-state index in [4.69, 9.17) is 9.90 Å². The van der Waals surface area contributed by atoms with Crippen LogP contribution in [0.4, 0.5) is 18.9 Å². The van der Waals surface area contributed by atoms with Gasteiger partial charge >= 0.3 is 18.1 Å². The van der Waals surface area contributed by atoms with Crippen LogP contribution in [0.25, 0.3) is 11.2 Å². The number of carbonyl (C=O) groups is 2. The number of pyridine rings is 1. The molecule has 0 aromatic carbocycles. The van der Waals surface area contributed by atoms with Gasteiger partial charge in [-0.25, -0.2) is 14.8 Å². The molecular weight excluding hydrogens is 491 g/mol. The lowest BCUT2D eigenvalue weighted by Crippen LogP contribution is -2.46. The standard InChI is InChI=1S/C15H18BrN5O3.C2HF3O2/c1-2-9-13(20-5-3-17-4-6-20)14(24)12-15(18-7-10(16)19-12)21(9)8-11(22)23;3-2(4,5)1(6)7/h7,17H,2-6,8H2,1H3,(H,22,23);(H,6,7). The van der Waals surface area contributed by atoms with E-state index >= 15 is 0 Å². The molecule has 0 unspecified atom stereocenters. The van der Waals surface area contributed by atoms with E-state index in [1.807, 2.05) is 11.8 Å². The van der Waals surface area contributed by atoms with Gasteiger partial charge < -0.3 is 25.0 Å². The summed E-state index contributed by atoms with van der Waals surface area (Å²) in [5.74, 6) is -3.74. The van der Waals surface area contributed by atoms with Crippen LogP contribution < -0.4 is 15.6 Å². The number of halogens is 4. The highest BCUT2D eigenvalue weighted by Crippen LogP contribution is 2.23. The minimum Gasteiger partial charge on any atom is -0.480 e. The van der Waals surface area contributed by atoms with Crippen molar-refractivity contribution in [1.29, 1.82) is 0 Å². The monoisotopic (exact) mass is 509 g/mol. The third-order valence-electron chi connectivity index (χ3n) is 4.31. The fraction of sp³-hybridized carbons (Fsp3) is 0.471. The molecule has 1 fully saturated rings. The number of hydrogen-bond acceptors (Lipinski definition) is 7. The first kappa shape index (κ1) is 24.5. The van der Waals surface area contributed by atoms with Crippen molar-refractivity contribution in [2.45, 2.75) is 26.1 Å². The lowest BCUT2D eigenvalue weighted by Gasteiger charge is -2.31. The number of hydrogen-bond donors (Lipinski definition) is 3. The first-order valence-corrected chi connectivity index (χ1v) is 9.82. The van der Waals surface area contributed by atoms with Crippen molar-refractivity contribution in [3.05, 3.63) is 26.7 Å². The first-order valence-electron chi connectivity index (χ1n) is 9.02. The van der Waals surface area contributed by atoms with Crippen molar-refractivity contribution in [3.8, 4) is 0 Å². The molecule has 1 aliphatic rings. The molecule has 1 saturated heterocycles. The Labute approximate surface area is 181 Å². The zero-order valence-electron chi connectivity index (χ0n) is 16.2. The van der Waals surface area contributed by atoms with Crippen molar-refractivity contribution >= 4 is 44.7 Å². The van der Waals surface area contributed by atoms with E-state index in [0.29, 0.717) is 41.1 Å². The number of rotatable bonds is 4. The molecule has 10 nitrogen and oxygen atoms in total. The Hall–Kier alpha value is -2.74. The van der Waals surface area contributed by atoms with Crippen LogP contribution in [0.3, 0.4) is 0 Å². The minimum absolute atomic E-state index is 0.191. The van der Waals surface area contributed by atoms with E-state index in [2.05, 4.69) is 31.2 Å². The normalized spacial score (nSPS) is 14.2. The molecule has 2 aromatic heterocycles. The van der Waals surface area contributed by atoms with Gasteiger partial charge in [0.1, 0.15) is 16.8 Å². The Morgan fingerprint density at radius 2 is 1.84 bits per heavy atom. The fourth-order valence-corrected chi connectivity index (χ4v) is 3.37. The molecule has 170 valence electrons. The van der Waals surface area contributed by atoms with Gasteiger partial charge in [-0.2, -0.15) is 13.2 Å². The average Bonchev–Trinajstić information content (AvgIpc) is 2.70. The second-order valence-electron chi connectivity index (χ2n) is 6.36. The summed E-state index contributed by atoms with van der Waals surface area (Å²) >= 11 is 3.24. The van der Waals surface area contributed by atoms with Gasteiger partial charge in [0, 0.05) is 31.9 Å². The molecule has 0 saturated carbocycles. The molecule has 0 bridgehead atoms. The van der Waals surface area contributed by atoms with Crippen molar-refractivity contribution in [3.63, 3.8) is 0 Å². The Morgan fingerprint density at radius 3 is 2.32 bits per heavy atom. The van der Waals surface area contributed by atoms with Gasteiger partial charge in [0.2, 0.25) is 5.43 Å². The molecule has 3 N–H and O–H groups in total. The molecule has 14 heteroatoms. The predicted octanol–water partition coefficient (Wildman–Crippen LogP) is 1.24. The first-order chi connectivity index (χ1) is 14.5. The van der Waals surface area contributed by atoms with Gasteiger partial charge in [-0.3, -0.25) is 9.59 Å². The van der Waals surface area contributed by atoms with Crippen molar-refractivity contribution in [1.82, 2.24) is 19.9 Å². The highest BCUT2D eigenvalue weighted by molar-refractivity contribution is 9.10. The van der Waals surface area contributed by atoms with E-state index in [9.17, 15) is 27.9 Å². The highest BCUT2D eigenvalue weighted by atomic mass is 79.9. The molecule has 1 aliphatic heterocycles. The Bertz CT molecular complexity index is 1040. The van der Waals surface area contributed by atoms with Crippen LogP contribution in [-0.2, 0) is 22.6 Å². The Morgan fingerprint density at radius 1 is 1.26 bits per heavy atom. The molecule has 2 aromatic rings. The summed E-state index contributed by atoms with van der Waals surface area (Å²) < 4.78 is 33.8. The topological polar surface area (TPSA) is 138 Å². The SMILES string of the molecule is CCc1c(N2CCNCC2)c(=O)c2nc(Br)cnc2n1CC(=O)O.O=C(O)C(F)(F)F. The maximum absolute atomic E-state index is 13.1. The van der Waals surface area contributed by atoms with Gasteiger partial charge in [0.15, 0.2) is 11.2 Å². The summed E-state index contributed by atoms with van der Waals surface area (Å²) in [6.45, 7) is 4.62. The van der Waals surface area contributed by atoms with Gasteiger partial charge in [-0.15, -0.1) is 0 Å².